The van der Waals surface area contributed by atoms with Crippen LogP contribution in [0.2, 0.25) is 0 Å². The molecule has 0 saturated carbocycles. The molecule has 0 fully saturated rings. The summed E-state index contributed by atoms with van der Waals surface area (Å²) < 4.78 is 2.37. The van der Waals surface area contributed by atoms with Gasteiger partial charge in [0.25, 0.3) is 0 Å². The monoisotopic (exact) mass is 563 g/mol. The maximum absolute atomic E-state index is 5.38. The van der Waals surface area contributed by atoms with E-state index in [1.54, 1.807) is 0 Å². The van der Waals surface area contributed by atoms with Crippen LogP contribution >= 0.6 is 0 Å². The summed E-state index contributed by atoms with van der Waals surface area (Å²) in [4.78, 5) is 7.67. The zero-order chi connectivity index (χ0) is 29.0. The molecular formula is C41H29N3. The number of hydrogen-bond acceptors (Lipinski definition) is 2. The van der Waals surface area contributed by atoms with Gasteiger partial charge in [-0.25, -0.2) is 4.98 Å². The Balaban J connectivity index is 1.35. The number of nitrogens with zero attached hydrogens (tertiary/aromatic N) is 3. The largest absolute Gasteiger partial charge is 0.317 e. The molecule has 0 atom stereocenters. The second kappa shape index (κ2) is 9.96. The maximum atomic E-state index is 5.38. The molecule has 7 aromatic rings. The van der Waals surface area contributed by atoms with Crippen LogP contribution in [0.4, 0.5) is 11.4 Å². The van der Waals surface area contributed by atoms with E-state index in [-0.39, 0.29) is 0 Å². The van der Waals surface area contributed by atoms with Crippen LogP contribution in [0.5, 0.6) is 0 Å². The van der Waals surface area contributed by atoms with Gasteiger partial charge in [-0.15, -0.1) is 0 Å². The minimum atomic E-state index is 0.941. The van der Waals surface area contributed by atoms with Crippen LogP contribution in [0.1, 0.15) is 24.1 Å². The average Bonchev–Trinajstić information content (AvgIpc) is 3.43. The fourth-order valence-electron chi connectivity index (χ4n) is 6.99. The van der Waals surface area contributed by atoms with Crippen LogP contribution in [0, 0.1) is 0 Å². The Labute approximate surface area is 256 Å². The Bertz CT molecular complexity index is 2320. The molecule has 0 saturated heterocycles. The van der Waals surface area contributed by atoms with Gasteiger partial charge < -0.3 is 4.90 Å². The quantitative estimate of drug-likeness (QED) is 0.212. The summed E-state index contributed by atoms with van der Waals surface area (Å²) in [5.41, 5.74) is 10.6. The van der Waals surface area contributed by atoms with Crippen molar-refractivity contribution in [3.05, 3.63) is 157 Å². The number of para-hydroxylation sites is 2. The van der Waals surface area contributed by atoms with Crippen LogP contribution in [0.3, 0.4) is 0 Å². The first kappa shape index (κ1) is 24.9. The number of benzene rings is 5. The highest BCUT2D eigenvalue weighted by molar-refractivity contribution is 6.22. The highest BCUT2D eigenvalue weighted by atomic mass is 15.1. The van der Waals surface area contributed by atoms with E-state index in [0.717, 1.165) is 35.6 Å². The summed E-state index contributed by atoms with van der Waals surface area (Å²) in [5.74, 6) is 0.941. The van der Waals surface area contributed by atoms with E-state index in [9.17, 15) is 0 Å². The van der Waals surface area contributed by atoms with Crippen molar-refractivity contribution >= 4 is 55.6 Å². The van der Waals surface area contributed by atoms with Gasteiger partial charge in [0.1, 0.15) is 5.82 Å². The van der Waals surface area contributed by atoms with Crippen LogP contribution in [-0.2, 0) is 0 Å². The maximum Gasteiger partial charge on any atom is 0.138 e. The third kappa shape index (κ3) is 3.86. The molecule has 44 heavy (non-hydrogen) atoms. The second-order valence-electron chi connectivity index (χ2n) is 11.6. The van der Waals surface area contributed by atoms with Crippen molar-refractivity contribution in [1.82, 2.24) is 9.55 Å². The fraction of sp³-hybridized carbons (Fsp3) is 0.0488. The molecular weight excluding hydrogens is 534 g/mol. The number of aromatic nitrogens is 2. The van der Waals surface area contributed by atoms with Crippen LogP contribution in [-0.4, -0.2) is 9.55 Å². The zero-order valence-electron chi connectivity index (χ0n) is 24.2. The van der Waals surface area contributed by atoms with Gasteiger partial charge in [0, 0.05) is 28.0 Å². The number of anilines is 2. The normalized spacial score (nSPS) is 14.1. The molecule has 3 nitrogen and oxygen atoms in total. The molecule has 0 radical (unpaired) electrons. The lowest BCUT2D eigenvalue weighted by molar-refractivity contribution is 1.02. The van der Waals surface area contributed by atoms with Crippen molar-refractivity contribution in [2.45, 2.75) is 12.8 Å². The van der Waals surface area contributed by atoms with Gasteiger partial charge in [-0.2, -0.15) is 0 Å². The summed E-state index contributed by atoms with van der Waals surface area (Å²) >= 11 is 0. The first-order chi connectivity index (χ1) is 21.8. The molecule has 0 bridgehead atoms. The fourth-order valence-corrected chi connectivity index (χ4v) is 6.99. The van der Waals surface area contributed by atoms with E-state index in [1.165, 1.54) is 55.0 Å². The highest BCUT2D eigenvalue weighted by Crippen LogP contribution is 2.45. The topological polar surface area (TPSA) is 21.1 Å². The predicted molar refractivity (Wildman–Crippen MR) is 185 cm³/mol. The van der Waals surface area contributed by atoms with Gasteiger partial charge in [-0.1, -0.05) is 97.1 Å². The molecule has 3 heterocycles. The first-order valence-electron chi connectivity index (χ1n) is 15.3. The minimum absolute atomic E-state index is 0.941. The Morgan fingerprint density at radius 2 is 1.48 bits per heavy atom. The van der Waals surface area contributed by atoms with Crippen molar-refractivity contribution < 1.29 is 0 Å². The number of pyridine rings is 1. The van der Waals surface area contributed by atoms with Crippen LogP contribution < -0.4 is 4.90 Å². The van der Waals surface area contributed by atoms with E-state index in [4.69, 9.17) is 4.98 Å². The molecule has 3 heteroatoms. The predicted octanol–water partition coefficient (Wildman–Crippen LogP) is 10.9. The van der Waals surface area contributed by atoms with Crippen LogP contribution in [0.15, 0.2) is 146 Å². The van der Waals surface area contributed by atoms with E-state index in [0.29, 0.717) is 0 Å². The molecule has 0 amide bonds. The van der Waals surface area contributed by atoms with E-state index in [2.05, 4.69) is 161 Å². The molecule has 208 valence electrons. The van der Waals surface area contributed by atoms with Crippen molar-refractivity contribution in [1.29, 1.82) is 0 Å². The Morgan fingerprint density at radius 1 is 0.659 bits per heavy atom. The molecule has 9 rings (SSSR count). The molecule has 2 aliphatic rings. The van der Waals surface area contributed by atoms with Gasteiger partial charge in [0.05, 0.1) is 22.4 Å². The van der Waals surface area contributed by atoms with Crippen molar-refractivity contribution in [2.24, 2.45) is 0 Å². The number of rotatable bonds is 4. The standard InChI is InChI=1S/C41H29N3/c1-4-13-28(14-5-1)31-25-35(29-15-6-2-7-16-29)42-39(27-31)44-36-21-11-10-20-33(36)41-34-23-24-43(32-18-8-3-9-19-32)37-22-12-17-30(40(34)37)26-38(41)44/h1-6,8-15,17-27H,7,16H2. The third-order valence-corrected chi connectivity index (χ3v) is 8.99. The lowest BCUT2D eigenvalue weighted by atomic mass is 9.94. The summed E-state index contributed by atoms with van der Waals surface area (Å²) in [7, 11) is 0. The van der Waals surface area contributed by atoms with Gasteiger partial charge in [-0.05, 0) is 89.0 Å². The van der Waals surface area contributed by atoms with Crippen LogP contribution in [0.25, 0.3) is 61.2 Å². The molecule has 0 unspecified atom stereocenters. The highest BCUT2D eigenvalue weighted by Gasteiger charge is 2.23. The number of fused-ring (bicyclic) bond motifs is 4. The zero-order valence-corrected chi connectivity index (χ0v) is 24.2. The van der Waals surface area contributed by atoms with Gasteiger partial charge >= 0.3 is 0 Å². The molecule has 0 spiro atoms. The van der Waals surface area contributed by atoms with Crippen molar-refractivity contribution in [2.75, 3.05) is 4.90 Å². The number of allylic oxidation sites excluding steroid dienone is 4. The van der Waals surface area contributed by atoms with Crippen molar-refractivity contribution in [3.63, 3.8) is 0 Å². The molecule has 2 aromatic heterocycles. The lowest BCUT2D eigenvalue weighted by Gasteiger charge is -2.27. The Kier molecular flexibility index (Phi) is 5.63. The number of hydrogen-bond donors (Lipinski definition) is 0. The summed E-state index contributed by atoms with van der Waals surface area (Å²) in [6, 6.07) is 43.5. The second-order valence-corrected chi connectivity index (χ2v) is 11.6. The van der Waals surface area contributed by atoms with E-state index >= 15 is 0 Å². The summed E-state index contributed by atoms with van der Waals surface area (Å²) in [6.07, 6.45) is 13.2. The van der Waals surface area contributed by atoms with Gasteiger partial charge in [0.2, 0.25) is 0 Å². The minimum Gasteiger partial charge on any atom is -0.317 e. The van der Waals surface area contributed by atoms with E-state index < -0.39 is 0 Å². The molecule has 1 aliphatic heterocycles. The first-order valence-corrected chi connectivity index (χ1v) is 15.3. The van der Waals surface area contributed by atoms with Gasteiger partial charge in [-0.3, -0.25) is 4.57 Å². The van der Waals surface area contributed by atoms with Crippen molar-refractivity contribution in [3.8, 4) is 16.9 Å². The Hall–Kier alpha value is -5.67. The average molecular weight is 564 g/mol. The molecule has 5 aromatic carbocycles. The molecule has 0 N–H and O–H groups in total. The Morgan fingerprint density at radius 3 is 2.32 bits per heavy atom. The summed E-state index contributed by atoms with van der Waals surface area (Å²) in [5, 5.41) is 5.00. The molecule has 1 aliphatic carbocycles. The van der Waals surface area contributed by atoms with Gasteiger partial charge in [0.15, 0.2) is 0 Å². The smallest absolute Gasteiger partial charge is 0.138 e. The summed E-state index contributed by atoms with van der Waals surface area (Å²) in [6.45, 7) is 0. The van der Waals surface area contributed by atoms with E-state index in [1.807, 2.05) is 0 Å². The third-order valence-electron chi connectivity index (χ3n) is 8.99. The SMILES string of the molecule is C1=CCCC(c2cc(-c3ccccc3)cc(-n3c4ccccc4c4c5c6c(cccc6cc43)N(c3ccccc3)C=C5)n2)=C1. The lowest BCUT2D eigenvalue weighted by Crippen LogP contribution is -2.11.